The molecule has 1 aliphatic heterocycles. The van der Waals surface area contributed by atoms with Crippen LogP contribution in [0.25, 0.3) is 11.1 Å². The molecule has 0 spiro atoms. The Morgan fingerprint density at radius 3 is 1.58 bits per heavy atom. The van der Waals surface area contributed by atoms with E-state index in [1.54, 1.807) is 0 Å². The average molecular weight is 251 g/mol. The molecule has 1 heterocycles. The third-order valence-electron chi connectivity index (χ3n) is 4.00. The van der Waals surface area contributed by atoms with E-state index in [9.17, 15) is 0 Å². The topological polar surface area (TPSA) is 3.24 Å². The van der Waals surface area contributed by atoms with E-state index in [1.165, 1.54) is 22.3 Å². The highest BCUT2D eigenvalue weighted by Crippen LogP contribution is 2.34. The van der Waals surface area contributed by atoms with Crippen LogP contribution in [0.5, 0.6) is 0 Å². The SMILES string of the molecule is CC(C)(C)N1Cc2ccccc2-c2ccccc2C1. The van der Waals surface area contributed by atoms with E-state index in [1.807, 2.05) is 0 Å². The van der Waals surface area contributed by atoms with E-state index in [2.05, 4.69) is 74.2 Å². The fourth-order valence-corrected chi connectivity index (χ4v) is 2.78. The van der Waals surface area contributed by atoms with Gasteiger partial charge in [0.05, 0.1) is 0 Å². The predicted molar refractivity (Wildman–Crippen MR) is 80.9 cm³/mol. The molecule has 0 aromatic heterocycles. The molecule has 19 heavy (non-hydrogen) atoms. The Kier molecular flexibility index (Phi) is 2.94. The van der Waals surface area contributed by atoms with E-state index in [-0.39, 0.29) is 5.54 Å². The smallest absolute Gasteiger partial charge is 0.0248 e. The number of hydrogen-bond donors (Lipinski definition) is 0. The van der Waals surface area contributed by atoms with Crippen LogP contribution in [0.1, 0.15) is 31.9 Å². The minimum absolute atomic E-state index is 0.185. The normalized spacial score (nSPS) is 15.5. The zero-order chi connectivity index (χ0) is 13.5. The van der Waals surface area contributed by atoms with E-state index in [4.69, 9.17) is 0 Å². The maximum Gasteiger partial charge on any atom is 0.0248 e. The van der Waals surface area contributed by atoms with Crippen LogP contribution >= 0.6 is 0 Å². The van der Waals surface area contributed by atoms with Gasteiger partial charge in [-0.25, -0.2) is 0 Å². The lowest BCUT2D eigenvalue weighted by Gasteiger charge is -2.35. The molecule has 0 unspecified atom stereocenters. The molecule has 0 amide bonds. The molecule has 0 fully saturated rings. The third-order valence-corrected chi connectivity index (χ3v) is 4.00. The molecule has 0 atom stereocenters. The molecule has 0 saturated heterocycles. The lowest BCUT2D eigenvalue weighted by Crippen LogP contribution is -2.39. The van der Waals surface area contributed by atoms with E-state index < -0.39 is 0 Å². The largest absolute Gasteiger partial charge is 0.290 e. The van der Waals surface area contributed by atoms with Crippen LogP contribution in [0.2, 0.25) is 0 Å². The van der Waals surface area contributed by atoms with Crippen molar-refractivity contribution in [2.75, 3.05) is 0 Å². The standard InChI is InChI=1S/C18H21N/c1-18(2,3)19-12-14-8-4-6-10-16(14)17-11-7-5-9-15(17)13-19/h4-11H,12-13H2,1-3H3. The average Bonchev–Trinajstić information content (AvgIpc) is 2.55. The monoisotopic (exact) mass is 251 g/mol. The molecule has 0 radical (unpaired) electrons. The molecule has 2 aromatic rings. The first-order valence-corrected chi connectivity index (χ1v) is 6.97. The maximum absolute atomic E-state index is 2.55. The van der Waals surface area contributed by atoms with Crippen LogP contribution in [0.3, 0.4) is 0 Å². The molecule has 1 aliphatic rings. The van der Waals surface area contributed by atoms with Crippen molar-refractivity contribution < 1.29 is 0 Å². The molecule has 1 nitrogen and oxygen atoms in total. The van der Waals surface area contributed by atoms with Crippen LogP contribution in [-0.2, 0) is 13.1 Å². The highest BCUT2D eigenvalue weighted by atomic mass is 15.2. The molecule has 3 rings (SSSR count). The van der Waals surface area contributed by atoms with Crippen LogP contribution in [0.15, 0.2) is 48.5 Å². The molecule has 98 valence electrons. The summed E-state index contributed by atoms with van der Waals surface area (Å²) in [6.07, 6.45) is 0. The van der Waals surface area contributed by atoms with Crippen LogP contribution in [-0.4, -0.2) is 10.4 Å². The Hall–Kier alpha value is -1.60. The van der Waals surface area contributed by atoms with Gasteiger partial charge in [-0.3, -0.25) is 4.90 Å². The lowest BCUT2D eigenvalue weighted by molar-refractivity contribution is 0.120. The van der Waals surface area contributed by atoms with Gasteiger partial charge in [0.2, 0.25) is 0 Å². The zero-order valence-electron chi connectivity index (χ0n) is 12.0. The fourth-order valence-electron chi connectivity index (χ4n) is 2.78. The van der Waals surface area contributed by atoms with Crippen molar-refractivity contribution >= 4 is 0 Å². The van der Waals surface area contributed by atoms with Crippen LogP contribution in [0.4, 0.5) is 0 Å². The number of hydrogen-bond acceptors (Lipinski definition) is 1. The van der Waals surface area contributed by atoms with Gasteiger partial charge in [-0.05, 0) is 43.0 Å². The number of fused-ring (bicyclic) bond motifs is 3. The summed E-state index contributed by atoms with van der Waals surface area (Å²) in [6.45, 7) is 8.93. The number of benzene rings is 2. The summed E-state index contributed by atoms with van der Waals surface area (Å²) >= 11 is 0. The fraction of sp³-hybridized carbons (Fsp3) is 0.333. The Labute approximate surface area is 115 Å². The van der Waals surface area contributed by atoms with Gasteiger partial charge < -0.3 is 0 Å². The van der Waals surface area contributed by atoms with Crippen molar-refractivity contribution in [2.24, 2.45) is 0 Å². The second kappa shape index (κ2) is 4.50. The lowest BCUT2D eigenvalue weighted by atomic mass is 9.97. The summed E-state index contributed by atoms with van der Waals surface area (Å²) in [6, 6.07) is 17.6. The van der Waals surface area contributed by atoms with Gasteiger partial charge in [0.25, 0.3) is 0 Å². The van der Waals surface area contributed by atoms with Gasteiger partial charge in [0, 0.05) is 18.6 Å². The minimum Gasteiger partial charge on any atom is -0.290 e. The molecular weight excluding hydrogens is 230 g/mol. The minimum atomic E-state index is 0.185. The molecule has 0 N–H and O–H groups in total. The Bertz CT molecular complexity index is 545. The van der Waals surface area contributed by atoms with Crippen molar-refractivity contribution in [3.05, 3.63) is 59.7 Å². The van der Waals surface area contributed by atoms with Crippen molar-refractivity contribution in [3.63, 3.8) is 0 Å². The quantitative estimate of drug-likeness (QED) is 0.668. The first-order valence-electron chi connectivity index (χ1n) is 6.97. The van der Waals surface area contributed by atoms with Crippen molar-refractivity contribution in [1.29, 1.82) is 0 Å². The van der Waals surface area contributed by atoms with Gasteiger partial charge in [0.1, 0.15) is 0 Å². The first kappa shape index (κ1) is 12.4. The Morgan fingerprint density at radius 1 is 0.737 bits per heavy atom. The van der Waals surface area contributed by atoms with E-state index in [0.29, 0.717) is 0 Å². The molecule has 0 saturated carbocycles. The Balaban J connectivity index is 2.18. The maximum atomic E-state index is 2.55. The van der Waals surface area contributed by atoms with Crippen molar-refractivity contribution in [1.82, 2.24) is 4.90 Å². The zero-order valence-corrected chi connectivity index (χ0v) is 12.0. The van der Waals surface area contributed by atoms with E-state index in [0.717, 1.165) is 13.1 Å². The molecule has 0 bridgehead atoms. The van der Waals surface area contributed by atoms with Gasteiger partial charge in [-0.1, -0.05) is 48.5 Å². The van der Waals surface area contributed by atoms with Gasteiger partial charge in [0.15, 0.2) is 0 Å². The summed E-state index contributed by atoms with van der Waals surface area (Å²) in [5.74, 6) is 0. The summed E-state index contributed by atoms with van der Waals surface area (Å²) in [7, 11) is 0. The first-order chi connectivity index (χ1) is 9.05. The highest BCUT2D eigenvalue weighted by molar-refractivity contribution is 5.71. The highest BCUT2D eigenvalue weighted by Gasteiger charge is 2.26. The molecule has 1 heteroatoms. The molecular formula is C18H21N. The summed E-state index contributed by atoms with van der Waals surface area (Å²) in [4.78, 5) is 2.55. The number of nitrogens with zero attached hydrogens (tertiary/aromatic N) is 1. The van der Waals surface area contributed by atoms with Gasteiger partial charge in [-0.15, -0.1) is 0 Å². The summed E-state index contributed by atoms with van der Waals surface area (Å²) < 4.78 is 0. The Morgan fingerprint density at radius 2 is 1.16 bits per heavy atom. The van der Waals surface area contributed by atoms with Crippen molar-refractivity contribution in [2.45, 2.75) is 39.4 Å². The van der Waals surface area contributed by atoms with Crippen LogP contribution < -0.4 is 0 Å². The second-order valence-corrected chi connectivity index (χ2v) is 6.34. The van der Waals surface area contributed by atoms with Gasteiger partial charge >= 0.3 is 0 Å². The van der Waals surface area contributed by atoms with E-state index >= 15 is 0 Å². The number of rotatable bonds is 0. The van der Waals surface area contributed by atoms with Crippen LogP contribution in [0, 0.1) is 0 Å². The third kappa shape index (κ3) is 2.31. The van der Waals surface area contributed by atoms with Gasteiger partial charge in [-0.2, -0.15) is 0 Å². The van der Waals surface area contributed by atoms with Crippen molar-refractivity contribution in [3.8, 4) is 11.1 Å². The molecule has 0 aliphatic carbocycles. The second-order valence-electron chi connectivity index (χ2n) is 6.34. The molecule has 2 aromatic carbocycles. The predicted octanol–water partition coefficient (Wildman–Crippen LogP) is 4.47. The summed E-state index contributed by atoms with van der Waals surface area (Å²) in [5.41, 5.74) is 5.84. The summed E-state index contributed by atoms with van der Waals surface area (Å²) in [5, 5.41) is 0.